The molecule has 3 rings (SSSR count). The molecule has 4 nitrogen and oxygen atoms in total. The molecule has 122 valence electrons. The number of carbonyl (C=O) groups excluding carboxylic acids is 1. The Bertz CT molecular complexity index is 713. The van der Waals surface area contributed by atoms with E-state index in [-0.39, 0.29) is 5.91 Å². The number of halogens is 2. The molecule has 1 fully saturated rings. The molecule has 0 saturated carbocycles. The molecule has 2 heterocycles. The molecule has 2 aromatic rings. The summed E-state index contributed by atoms with van der Waals surface area (Å²) in [6.07, 6.45) is 0. The Morgan fingerprint density at radius 1 is 1.35 bits per heavy atom. The van der Waals surface area contributed by atoms with Crippen molar-refractivity contribution in [1.29, 1.82) is 0 Å². The molecule has 0 N–H and O–H groups in total. The first-order valence-corrected chi connectivity index (χ1v) is 9.08. The molecule has 1 amide bonds. The predicted octanol–water partition coefficient (Wildman–Crippen LogP) is 3.31. The third-order valence-corrected chi connectivity index (χ3v) is 5.38. The fourth-order valence-electron chi connectivity index (χ4n) is 2.65. The van der Waals surface area contributed by atoms with Crippen LogP contribution in [0.4, 0.5) is 4.39 Å². The van der Waals surface area contributed by atoms with E-state index in [1.54, 1.807) is 22.3 Å². The van der Waals surface area contributed by atoms with E-state index in [4.69, 9.17) is 0 Å². The maximum absolute atomic E-state index is 13.4. The topological polar surface area (TPSA) is 36.4 Å². The Kier molecular flexibility index (Phi) is 5.08. The van der Waals surface area contributed by atoms with Crippen LogP contribution in [0.1, 0.15) is 21.1 Å². The first-order chi connectivity index (χ1) is 11.0. The third-order valence-electron chi connectivity index (χ3n) is 3.87. The molecule has 0 aliphatic carbocycles. The summed E-state index contributed by atoms with van der Waals surface area (Å²) in [5.41, 5.74) is 1.47. The lowest BCUT2D eigenvalue weighted by atomic mass is 10.1. The van der Waals surface area contributed by atoms with Gasteiger partial charge in [-0.2, -0.15) is 0 Å². The van der Waals surface area contributed by atoms with Crippen molar-refractivity contribution in [2.24, 2.45) is 0 Å². The quantitative estimate of drug-likeness (QED) is 0.796. The smallest absolute Gasteiger partial charge is 0.255 e. The minimum absolute atomic E-state index is 0.125. The summed E-state index contributed by atoms with van der Waals surface area (Å²) < 4.78 is 14.0. The summed E-state index contributed by atoms with van der Waals surface area (Å²) in [7, 11) is 0. The Morgan fingerprint density at radius 3 is 2.74 bits per heavy atom. The van der Waals surface area contributed by atoms with Crippen LogP contribution in [-0.4, -0.2) is 46.9 Å². The maximum atomic E-state index is 13.4. The van der Waals surface area contributed by atoms with E-state index < -0.39 is 5.82 Å². The van der Waals surface area contributed by atoms with Gasteiger partial charge < -0.3 is 4.90 Å². The SMILES string of the molecule is Cc1nc(CN2CCN(C(=O)c3cc(F)ccc3Br)CC2)cs1. The van der Waals surface area contributed by atoms with Gasteiger partial charge in [0.15, 0.2) is 0 Å². The number of hydrogen-bond acceptors (Lipinski definition) is 4. The van der Waals surface area contributed by atoms with Gasteiger partial charge in [0.1, 0.15) is 5.82 Å². The number of amides is 1. The van der Waals surface area contributed by atoms with Crippen LogP contribution >= 0.6 is 27.3 Å². The number of piperazine rings is 1. The summed E-state index contributed by atoms with van der Waals surface area (Å²) in [6, 6.07) is 4.20. The van der Waals surface area contributed by atoms with Crippen LogP contribution in [-0.2, 0) is 6.54 Å². The molecule has 1 aliphatic rings. The van der Waals surface area contributed by atoms with Gasteiger partial charge in [-0.1, -0.05) is 0 Å². The van der Waals surface area contributed by atoms with Crippen molar-refractivity contribution in [3.05, 3.63) is 50.1 Å². The lowest BCUT2D eigenvalue weighted by Gasteiger charge is -2.34. The van der Waals surface area contributed by atoms with Gasteiger partial charge in [0.2, 0.25) is 0 Å². The molecule has 0 atom stereocenters. The van der Waals surface area contributed by atoms with E-state index in [1.165, 1.54) is 12.1 Å². The van der Waals surface area contributed by atoms with Gasteiger partial charge in [-0.3, -0.25) is 9.69 Å². The van der Waals surface area contributed by atoms with Crippen LogP contribution in [0.15, 0.2) is 28.1 Å². The van der Waals surface area contributed by atoms with Crippen LogP contribution in [0.2, 0.25) is 0 Å². The summed E-state index contributed by atoms with van der Waals surface area (Å²) in [5.74, 6) is -0.519. The van der Waals surface area contributed by atoms with Crippen LogP contribution in [0, 0.1) is 12.7 Å². The van der Waals surface area contributed by atoms with E-state index in [9.17, 15) is 9.18 Å². The van der Waals surface area contributed by atoms with Crippen molar-refractivity contribution >= 4 is 33.2 Å². The fourth-order valence-corrected chi connectivity index (χ4v) is 3.67. The predicted molar refractivity (Wildman–Crippen MR) is 92.1 cm³/mol. The number of aromatic nitrogens is 1. The second-order valence-electron chi connectivity index (χ2n) is 5.55. The van der Waals surface area contributed by atoms with Crippen molar-refractivity contribution in [1.82, 2.24) is 14.8 Å². The van der Waals surface area contributed by atoms with Crippen molar-refractivity contribution in [2.75, 3.05) is 26.2 Å². The molecule has 1 saturated heterocycles. The highest BCUT2D eigenvalue weighted by Gasteiger charge is 2.24. The molecule has 0 unspecified atom stereocenters. The number of thiazole rings is 1. The highest BCUT2D eigenvalue weighted by atomic mass is 79.9. The molecular formula is C16H17BrFN3OS. The van der Waals surface area contributed by atoms with Gasteiger partial charge in [0, 0.05) is 42.6 Å². The van der Waals surface area contributed by atoms with Gasteiger partial charge in [0.05, 0.1) is 16.3 Å². The van der Waals surface area contributed by atoms with Crippen LogP contribution in [0.5, 0.6) is 0 Å². The van der Waals surface area contributed by atoms with E-state index in [2.05, 4.69) is 31.2 Å². The van der Waals surface area contributed by atoms with Crippen molar-refractivity contribution in [2.45, 2.75) is 13.5 Å². The zero-order valence-corrected chi connectivity index (χ0v) is 15.2. The van der Waals surface area contributed by atoms with Crippen molar-refractivity contribution in [3.63, 3.8) is 0 Å². The largest absolute Gasteiger partial charge is 0.336 e. The monoisotopic (exact) mass is 397 g/mol. The zero-order chi connectivity index (χ0) is 16.4. The summed E-state index contributed by atoms with van der Waals surface area (Å²) in [6.45, 7) is 5.71. The third kappa shape index (κ3) is 3.97. The molecule has 7 heteroatoms. The van der Waals surface area contributed by atoms with E-state index in [0.29, 0.717) is 23.1 Å². The first kappa shape index (κ1) is 16.5. The molecular weight excluding hydrogens is 381 g/mol. The molecule has 0 spiro atoms. The van der Waals surface area contributed by atoms with Gasteiger partial charge in [-0.25, -0.2) is 9.37 Å². The van der Waals surface area contributed by atoms with Gasteiger partial charge in [-0.05, 0) is 41.1 Å². The average Bonchev–Trinajstić information content (AvgIpc) is 2.95. The van der Waals surface area contributed by atoms with Gasteiger partial charge >= 0.3 is 0 Å². The van der Waals surface area contributed by atoms with E-state index in [0.717, 1.165) is 30.3 Å². The molecule has 0 bridgehead atoms. The fraction of sp³-hybridized carbons (Fsp3) is 0.375. The molecule has 0 radical (unpaired) electrons. The maximum Gasteiger partial charge on any atom is 0.255 e. The Labute approximate surface area is 147 Å². The number of rotatable bonds is 3. The summed E-state index contributed by atoms with van der Waals surface area (Å²) in [4.78, 5) is 21.1. The molecule has 23 heavy (non-hydrogen) atoms. The Morgan fingerprint density at radius 2 is 2.09 bits per heavy atom. The first-order valence-electron chi connectivity index (χ1n) is 7.40. The number of carbonyl (C=O) groups is 1. The second kappa shape index (κ2) is 7.07. The lowest BCUT2D eigenvalue weighted by molar-refractivity contribution is 0.0626. The number of benzene rings is 1. The summed E-state index contributed by atoms with van der Waals surface area (Å²) >= 11 is 4.98. The Hall–Kier alpha value is -1.31. The van der Waals surface area contributed by atoms with Crippen LogP contribution in [0.3, 0.4) is 0 Å². The minimum atomic E-state index is -0.394. The average molecular weight is 398 g/mol. The highest BCUT2D eigenvalue weighted by molar-refractivity contribution is 9.10. The minimum Gasteiger partial charge on any atom is -0.336 e. The van der Waals surface area contributed by atoms with E-state index >= 15 is 0 Å². The number of aryl methyl sites for hydroxylation is 1. The standard InChI is InChI=1S/C16H17BrFN3OS/c1-11-19-13(10-23-11)9-20-4-6-21(7-5-20)16(22)14-8-12(18)2-3-15(14)17/h2-3,8,10H,4-7,9H2,1H3. The van der Waals surface area contributed by atoms with E-state index in [1.807, 2.05) is 6.92 Å². The second-order valence-corrected chi connectivity index (χ2v) is 7.47. The zero-order valence-electron chi connectivity index (χ0n) is 12.8. The molecule has 1 aromatic carbocycles. The molecule has 1 aromatic heterocycles. The van der Waals surface area contributed by atoms with Crippen LogP contribution < -0.4 is 0 Å². The van der Waals surface area contributed by atoms with Crippen LogP contribution in [0.25, 0.3) is 0 Å². The normalized spacial score (nSPS) is 15.9. The van der Waals surface area contributed by atoms with Gasteiger partial charge in [0.25, 0.3) is 5.91 Å². The highest BCUT2D eigenvalue weighted by Crippen LogP contribution is 2.21. The lowest BCUT2D eigenvalue weighted by Crippen LogP contribution is -2.48. The van der Waals surface area contributed by atoms with Crippen molar-refractivity contribution < 1.29 is 9.18 Å². The number of nitrogens with zero attached hydrogens (tertiary/aromatic N) is 3. The van der Waals surface area contributed by atoms with Crippen molar-refractivity contribution in [3.8, 4) is 0 Å². The van der Waals surface area contributed by atoms with Gasteiger partial charge in [-0.15, -0.1) is 11.3 Å². The summed E-state index contributed by atoms with van der Waals surface area (Å²) in [5, 5.41) is 3.15. The molecule has 1 aliphatic heterocycles. The Balaban J connectivity index is 1.60. The number of hydrogen-bond donors (Lipinski definition) is 0.